The highest BCUT2D eigenvalue weighted by Gasteiger charge is 2.44. The number of methoxy groups -OCH3 is 3. The van der Waals surface area contributed by atoms with Crippen LogP contribution in [0.5, 0.6) is 17.2 Å². The molecule has 0 saturated heterocycles. The van der Waals surface area contributed by atoms with Crippen LogP contribution < -0.4 is 19.5 Å². The minimum absolute atomic E-state index is 0.125. The number of carbonyl (C=O) groups is 3. The van der Waals surface area contributed by atoms with Crippen molar-refractivity contribution in [1.82, 2.24) is 10.2 Å². The van der Waals surface area contributed by atoms with Crippen LogP contribution in [-0.2, 0) is 27.2 Å². The van der Waals surface area contributed by atoms with Crippen molar-refractivity contribution < 1.29 is 38.4 Å². The number of carbonyl (C=O) groups excluding carboxylic acids is 3. The Morgan fingerprint density at radius 1 is 1.08 bits per heavy atom. The quantitative estimate of drug-likeness (QED) is 0.451. The van der Waals surface area contributed by atoms with Crippen molar-refractivity contribution in [2.45, 2.75) is 57.8 Å². The average Bonchev–Trinajstić information content (AvgIpc) is 2.90. The summed E-state index contributed by atoms with van der Waals surface area (Å²) in [5.41, 5.74) is 2.61. The standard InChI is InChI=1S/C28H36N2O8/c1-16(2)38-28(34)29-21(12-18-10-8-7-9-11-18)27(33)30-19(14-31)13-20-23(22(30)15-32)26(37-6)25(36-5)17(3)24(20)35-4/h7-11,14,16,19,21-22,32H,12-13,15H2,1-6H3,(H,29,34)/t19-,21+,22+/m1/s1. The van der Waals surface area contributed by atoms with Crippen LogP contribution in [0.2, 0.25) is 0 Å². The van der Waals surface area contributed by atoms with Crippen molar-refractivity contribution in [2.75, 3.05) is 27.9 Å². The molecule has 10 nitrogen and oxygen atoms in total. The van der Waals surface area contributed by atoms with Crippen molar-refractivity contribution in [1.29, 1.82) is 0 Å². The number of benzene rings is 2. The maximum atomic E-state index is 14.1. The van der Waals surface area contributed by atoms with E-state index in [0.29, 0.717) is 40.2 Å². The van der Waals surface area contributed by atoms with Crippen LogP contribution in [0.15, 0.2) is 30.3 Å². The van der Waals surface area contributed by atoms with Gasteiger partial charge in [0.05, 0.1) is 46.1 Å². The summed E-state index contributed by atoms with van der Waals surface area (Å²) in [7, 11) is 4.47. The molecule has 1 aliphatic heterocycles. The summed E-state index contributed by atoms with van der Waals surface area (Å²) in [4.78, 5) is 40.4. The van der Waals surface area contributed by atoms with Gasteiger partial charge >= 0.3 is 6.09 Å². The van der Waals surface area contributed by atoms with E-state index in [0.717, 1.165) is 5.56 Å². The van der Waals surface area contributed by atoms with Crippen LogP contribution in [0.1, 0.15) is 42.1 Å². The highest BCUT2D eigenvalue weighted by atomic mass is 16.6. The molecule has 0 spiro atoms. The number of nitrogens with one attached hydrogen (secondary N) is 1. The summed E-state index contributed by atoms with van der Waals surface area (Å²) in [6.07, 6.45) is -0.213. The summed E-state index contributed by atoms with van der Waals surface area (Å²) in [6, 6.07) is 6.21. The van der Waals surface area contributed by atoms with Gasteiger partial charge in [-0.05, 0) is 26.3 Å². The molecule has 0 fully saturated rings. The Labute approximate surface area is 222 Å². The van der Waals surface area contributed by atoms with Gasteiger partial charge in [0.2, 0.25) is 5.91 Å². The molecule has 2 amide bonds. The lowest BCUT2D eigenvalue weighted by Crippen LogP contribution is -2.57. The topological polar surface area (TPSA) is 124 Å². The van der Waals surface area contributed by atoms with Gasteiger partial charge in [-0.3, -0.25) is 4.79 Å². The van der Waals surface area contributed by atoms with Crippen LogP contribution in [0.25, 0.3) is 0 Å². The zero-order valence-electron chi connectivity index (χ0n) is 22.6. The van der Waals surface area contributed by atoms with Crippen LogP contribution in [0, 0.1) is 6.92 Å². The Morgan fingerprint density at radius 3 is 2.24 bits per heavy atom. The molecule has 1 aliphatic rings. The molecule has 3 atom stereocenters. The molecule has 0 bridgehead atoms. The second kappa shape index (κ2) is 12.6. The highest BCUT2D eigenvalue weighted by molar-refractivity contribution is 5.89. The fraction of sp³-hybridized carbons (Fsp3) is 0.464. The van der Waals surface area contributed by atoms with Crippen molar-refractivity contribution in [3.63, 3.8) is 0 Å². The third-order valence-corrected chi connectivity index (χ3v) is 6.58. The first-order valence-electron chi connectivity index (χ1n) is 12.4. The van der Waals surface area contributed by atoms with Gasteiger partial charge in [-0.1, -0.05) is 30.3 Å². The fourth-order valence-electron chi connectivity index (χ4n) is 5.07. The zero-order chi connectivity index (χ0) is 28.0. The van der Waals surface area contributed by atoms with E-state index in [1.807, 2.05) is 37.3 Å². The molecular weight excluding hydrogens is 492 g/mol. The largest absolute Gasteiger partial charge is 0.496 e. The molecule has 0 saturated carbocycles. The number of ether oxygens (including phenoxy) is 4. The molecule has 206 valence electrons. The normalized spacial score (nSPS) is 17.3. The Morgan fingerprint density at radius 2 is 1.71 bits per heavy atom. The summed E-state index contributed by atoms with van der Waals surface area (Å²) >= 11 is 0. The summed E-state index contributed by atoms with van der Waals surface area (Å²) in [6.45, 7) is 4.70. The molecule has 3 rings (SSSR count). The van der Waals surface area contributed by atoms with E-state index in [4.69, 9.17) is 18.9 Å². The lowest BCUT2D eigenvalue weighted by Gasteiger charge is -2.43. The van der Waals surface area contributed by atoms with E-state index in [1.54, 1.807) is 13.8 Å². The van der Waals surface area contributed by atoms with Crippen LogP contribution in [0.4, 0.5) is 4.79 Å². The first kappa shape index (κ1) is 28.8. The number of aldehydes is 1. The minimum Gasteiger partial charge on any atom is -0.496 e. The lowest BCUT2D eigenvalue weighted by atomic mass is 9.84. The van der Waals surface area contributed by atoms with E-state index in [9.17, 15) is 19.5 Å². The SMILES string of the molecule is COc1c(C)c(OC)c(OC)c2c1C[C@H](C=O)N(C(=O)[C@H](Cc1ccccc1)NC(=O)OC(C)C)[C@H]2CO. The predicted octanol–water partition coefficient (Wildman–Crippen LogP) is 2.75. The first-order chi connectivity index (χ1) is 18.2. The number of alkyl carbamates (subject to hydrolysis) is 1. The molecule has 0 aliphatic carbocycles. The molecule has 38 heavy (non-hydrogen) atoms. The molecular formula is C28H36N2O8. The number of rotatable bonds is 10. The molecule has 2 aromatic carbocycles. The number of hydrogen-bond acceptors (Lipinski definition) is 8. The third-order valence-electron chi connectivity index (χ3n) is 6.58. The number of aliphatic hydroxyl groups excluding tert-OH is 1. The Kier molecular flexibility index (Phi) is 9.57. The van der Waals surface area contributed by atoms with E-state index >= 15 is 0 Å². The highest BCUT2D eigenvalue weighted by Crippen LogP contribution is 2.50. The number of hydrogen-bond donors (Lipinski definition) is 2. The fourth-order valence-corrected chi connectivity index (χ4v) is 5.07. The summed E-state index contributed by atoms with van der Waals surface area (Å²) < 4.78 is 22.2. The molecule has 0 radical (unpaired) electrons. The van der Waals surface area contributed by atoms with E-state index in [-0.39, 0.29) is 12.8 Å². The molecule has 10 heteroatoms. The van der Waals surface area contributed by atoms with Crippen molar-refractivity contribution in [3.05, 3.63) is 52.6 Å². The lowest BCUT2D eigenvalue weighted by molar-refractivity contribution is -0.143. The monoisotopic (exact) mass is 528 g/mol. The maximum Gasteiger partial charge on any atom is 0.408 e. The second-order valence-corrected chi connectivity index (χ2v) is 9.31. The average molecular weight is 529 g/mol. The van der Waals surface area contributed by atoms with Gasteiger partial charge < -0.3 is 39.1 Å². The Balaban J connectivity index is 2.14. The van der Waals surface area contributed by atoms with Crippen LogP contribution >= 0.6 is 0 Å². The predicted molar refractivity (Wildman–Crippen MR) is 140 cm³/mol. The van der Waals surface area contributed by atoms with Gasteiger partial charge in [-0.25, -0.2) is 4.79 Å². The molecule has 0 unspecified atom stereocenters. The summed E-state index contributed by atoms with van der Waals surface area (Å²) in [5, 5.41) is 13.3. The van der Waals surface area contributed by atoms with E-state index < -0.39 is 42.8 Å². The van der Waals surface area contributed by atoms with Gasteiger partial charge in [-0.15, -0.1) is 0 Å². The molecule has 2 N–H and O–H groups in total. The number of nitrogens with zero attached hydrogens (tertiary/aromatic N) is 1. The Bertz CT molecular complexity index is 1150. The number of amides is 2. The molecule has 0 aromatic heterocycles. The smallest absolute Gasteiger partial charge is 0.408 e. The van der Waals surface area contributed by atoms with Gasteiger partial charge in [0.15, 0.2) is 11.5 Å². The van der Waals surface area contributed by atoms with E-state index in [1.165, 1.54) is 26.2 Å². The van der Waals surface area contributed by atoms with Gasteiger partial charge in [0, 0.05) is 29.5 Å². The van der Waals surface area contributed by atoms with Crippen molar-refractivity contribution in [3.8, 4) is 17.2 Å². The van der Waals surface area contributed by atoms with Gasteiger partial charge in [0.25, 0.3) is 0 Å². The second-order valence-electron chi connectivity index (χ2n) is 9.31. The van der Waals surface area contributed by atoms with E-state index in [2.05, 4.69) is 5.32 Å². The first-order valence-corrected chi connectivity index (χ1v) is 12.4. The molecule has 2 aromatic rings. The van der Waals surface area contributed by atoms with Crippen molar-refractivity contribution in [2.24, 2.45) is 0 Å². The zero-order valence-corrected chi connectivity index (χ0v) is 22.6. The van der Waals surface area contributed by atoms with Gasteiger partial charge in [-0.2, -0.15) is 0 Å². The van der Waals surface area contributed by atoms with Gasteiger partial charge in [0.1, 0.15) is 18.1 Å². The summed E-state index contributed by atoms with van der Waals surface area (Å²) in [5.74, 6) is 0.693. The number of fused-ring (bicyclic) bond motifs is 1. The van der Waals surface area contributed by atoms with Crippen LogP contribution in [0.3, 0.4) is 0 Å². The maximum absolute atomic E-state index is 14.1. The third kappa shape index (κ3) is 5.70. The van der Waals surface area contributed by atoms with Crippen molar-refractivity contribution >= 4 is 18.3 Å². The molecule has 1 heterocycles. The van der Waals surface area contributed by atoms with Crippen LogP contribution in [-0.4, -0.2) is 74.4 Å². The minimum atomic E-state index is -1.07. The number of aliphatic hydroxyl groups is 1. The Hall–Kier alpha value is -3.79.